The molecule has 3 N–H and O–H groups in total. The molecule has 0 saturated carbocycles. The van der Waals surface area contributed by atoms with E-state index in [4.69, 9.17) is 0 Å². The standard InChI is InChI=1S/C55H89NO3/c1-3-5-7-9-11-13-15-17-19-21-23-25-26-27-28-29-30-31-33-35-37-39-41-43-45-47-49-51-55(59)56-53(52-57)54(58)50-48-46-44-42-40-38-36-34-32-24-22-20-18-16-14-12-10-8-6-4-2/h5,7,11,13,17,19,23,25,27-28,30-32,34-35,37,40-43,48,50,53-54,57-58H,3-4,6,8-10,12,14-16,18,20-22,24,26,29,33,36,38-39,44-47,49,51-52H2,1-2H3,(H,56,59)/b7-5-,13-11-,19-17-,25-23-,28-27-,31-30-,34-32+,37-35-,42-40+,43-41-,50-48+. The Bertz CT molecular complexity index is 1240. The second kappa shape index (κ2) is 48.9. The lowest BCUT2D eigenvalue weighted by Gasteiger charge is -2.19. The fourth-order valence-corrected chi connectivity index (χ4v) is 6.22. The SMILES string of the molecule is CC/C=C\C/C=C\C/C=C\C/C=C\C/C=C\C/C=C\C/C=C\C/C=C\CCCCC(=O)NC(CO)C(O)/C=C/CC/C=C/CC/C=C/CCCCCCCCCCCC. The van der Waals surface area contributed by atoms with Crippen LogP contribution in [0.15, 0.2) is 134 Å². The maximum Gasteiger partial charge on any atom is 0.220 e. The Morgan fingerprint density at radius 1 is 0.424 bits per heavy atom. The van der Waals surface area contributed by atoms with Gasteiger partial charge in [0.15, 0.2) is 0 Å². The number of hydrogen-bond acceptors (Lipinski definition) is 3. The van der Waals surface area contributed by atoms with Gasteiger partial charge in [0.1, 0.15) is 0 Å². The highest BCUT2D eigenvalue weighted by Crippen LogP contribution is 2.12. The van der Waals surface area contributed by atoms with E-state index >= 15 is 0 Å². The minimum atomic E-state index is -0.899. The highest BCUT2D eigenvalue weighted by molar-refractivity contribution is 5.76. The first-order valence-corrected chi connectivity index (χ1v) is 23.9. The average Bonchev–Trinajstić information content (AvgIpc) is 3.24. The lowest BCUT2D eigenvalue weighted by atomic mass is 10.1. The molecule has 0 aromatic carbocycles. The summed E-state index contributed by atoms with van der Waals surface area (Å²) in [6.07, 6.45) is 77.1. The quantitative estimate of drug-likeness (QED) is 0.0425. The van der Waals surface area contributed by atoms with Crippen LogP contribution in [0.4, 0.5) is 0 Å². The molecular weight excluding hydrogens is 723 g/mol. The second-order valence-corrected chi connectivity index (χ2v) is 15.4. The van der Waals surface area contributed by atoms with Crippen LogP contribution in [0.25, 0.3) is 0 Å². The number of amides is 1. The molecule has 2 atom stereocenters. The molecule has 4 nitrogen and oxygen atoms in total. The van der Waals surface area contributed by atoms with Crippen molar-refractivity contribution in [1.29, 1.82) is 0 Å². The van der Waals surface area contributed by atoms with Crippen LogP contribution in [-0.2, 0) is 4.79 Å². The number of unbranched alkanes of at least 4 members (excludes halogenated alkanes) is 14. The number of nitrogens with one attached hydrogen (secondary N) is 1. The molecule has 0 aliphatic carbocycles. The van der Waals surface area contributed by atoms with E-state index in [9.17, 15) is 15.0 Å². The Kier molecular flexibility index (Phi) is 46.0. The Balaban J connectivity index is 3.80. The minimum Gasteiger partial charge on any atom is -0.394 e. The molecule has 0 aromatic heterocycles. The predicted octanol–water partition coefficient (Wildman–Crippen LogP) is 15.5. The lowest BCUT2D eigenvalue weighted by molar-refractivity contribution is -0.123. The zero-order chi connectivity index (χ0) is 42.8. The molecule has 0 heterocycles. The van der Waals surface area contributed by atoms with E-state index in [0.29, 0.717) is 6.42 Å². The van der Waals surface area contributed by atoms with Crippen molar-refractivity contribution in [3.63, 3.8) is 0 Å². The molecule has 0 aliphatic rings. The molecule has 1 amide bonds. The molecule has 0 bridgehead atoms. The molecule has 0 aliphatic heterocycles. The molecule has 0 rings (SSSR count). The number of carbonyl (C=O) groups excluding carboxylic acids is 1. The molecule has 0 saturated heterocycles. The van der Waals surface area contributed by atoms with Crippen molar-refractivity contribution in [1.82, 2.24) is 5.32 Å². The number of allylic oxidation sites excluding steroid dienone is 21. The van der Waals surface area contributed by atoms with Crippen LogP contribution in [0.1, 0.15) is 187 Å². The van der Waals surface area contributed by atoms with E-state index in [-0.39, 0.29) is 12.5 Å². The Morgan fingerprint density at radius 3 is 1.19 bits per heavy atom. The normalized spacial score (nSPS) is 14.2. The summed E-state index contributed by atoms with van der Waals surface area (Å²) in [6.45, 7) is 4.14. The van der Waals surface area contributed by atoms with Crippen LogP contribution in [0.2, 0.25) is 0 Å². The maximum absolute atomic E-state index is 12.4. The summed E-state index contributed by atoms with van der Waals surface area (Å²) in [6, 6.07) is -0.680. The van der Waals surface area contributed by atoms with Gasteiger partial charge in [-0.05, 0) is 109 Å². The number of carbonyl (C=O) groups is 1. The number of rotatable bonds is 41. The van der Waals surface area contributed by atoms with Crippen LogP contribution >= 0.6 is 0 Å². The van der Waals surface area contributed by atoms with Crippen LogP contribution in [-0.4, -0.2) is 34.9 Å². The maximum atomic E-state index is 12.4. The fourth-order valence-electron chi connectivity index (χ4n) is 6.22. The summed E-state index contributed by atoms with van der Waals surface area (Å²) < 4.78 is 0. The van der Waals surface area contributed by atoms with Gasteiger partial charge in [0, 0.05) is 6.42 Å². The van der Waals surface area contributed by atoms with Crippen LogP contribution in [0.3, 0.4) is 0 Å². The monoisotopic (exact) mass is 812 g/mol. The van der Waals surface area contributed by atoms with Crippen molar-refractivity contribution in [3.05, 3.63) is 134 Å². The highest BCUT2D eigenvalue weighted by atomic mass is 16.3. The molecule has 2 unspecified atom stereocenters. The zero-order valence-electron chi connectivity index (χ0n) is 38.0. The van der Waals surface area contributed by atoms with Crippen LogP contribution in [0, 0.1) is 0 Å². The average molecular weight is 812 g/mol. The van der Waals surface area contributed by atoms with E-state index in [1.807, 2.05) is 6.08 Å². The fraction of sp³-hybridized carbons (Fsp3) is 0.582. The van der Waals surface area contributed by atoms with E-state index in [1.165, 1.54) is 70.6 Å². The first kappa shape index (κ1) is 55.5. The summed E-state index contributed by atoms with van der Waals surface area (Å²) >= 11 is 0. The van der Waals surface area contributed by atoms with E-state index in [2.05, 4.69) is 141 Å². The van der Waals surface area contributed by atoms with Gasteiger partial charge in [-0.25, -0.2) is 0 Å². The summed E-state index contributed by atoms with van der Waals surface area (Å²) in [5.41, 5.74) is 0. The molecule has 332 valence electrons. The Labute approximate surface area is 364 Å². The van der Waals surface area contributed by atoms with Gasteiger partial charge >= 0.3 is 0 Å². The molecule has 0 radical (unpaired) electrons. The smallest absolute Gasteiger partial charge is 0.220 e. The van der Waals surface area contributed by atoms with Gasteiger partial charge in [-0.1, -0.05) is 205 Å². The van der Waals surface area contributed by atoms with Gasteiger partial charge in [0.05, 0.1) is 18.8 Å². The largest absolute Gasteiger partial charge is 0.394 e. The van der Waals surface area contributed by atoms with Crippen molar-refractivity contribution >= 4 is 5.91 Å². The predicted molar refractivity (Wildman–Crippen MR) is 262 cm³/mol. The zero-order valence-corrected chi connectivity index (χ0v) is 38.0. The van der Waals surface area contributed by atoms with Crippen LogP contribution in [0.5, 0.6) is 0 Å². The first-order valence-electron chi connectivity index (χ1n) is 23.9. The van der Waals surface area contributed by atoms with Crippen LogP contribution < -0.4 is 5.32 Å². The van der Waals surface area contributed by atoms with Crippen molar-refractivity contribution in [2.45, 2.75) is 199 Å². The summed E-state index contributed by atoms with van der Waals surface area (Å²) in [5, 5.41) is 23.0. The van der Waals surface area contributed by atoms with Gasteiger partial charge in [0.2, 0.25) is 5.91 Å². The first-order chi connectivity index (χ1) is 29.2. The Hall–Kier alpha value is -3.47. The topological polar surface area (TPSA) is 69.6 Å². The van der Waals surface area contributed by atoms with Crippen molar-refractivity contribution in [2.24, 2.45) is 0 Å². The van der Waals surface area contributed by atoms with Crippen molar-refractivity contribution in [2.75, 3.05) is 6.61 Å². The third-order valence-electron chi connectivity index (χ3n) is 9.85. The summed E-state index contributed by atoms with van der Waals surface area (Å²) in [7, 11) is 0. The van der Waals surface area contributed by atoms with E-state index in [1.54, 1.807) is 6.08 Å². The van der Waals surface area contributed by atoms with E-state index in [0.717, 1.165) is 96.3 Å². The molecule has 4 heteroatoms. The molecular formula is C55H89NO3. The second-order valence-electron chi connectivity index (χ2n) is 15.4. The summed E-state index contributed by atoms with van der Waals surface area (Å²) in [5.74, 6) is -0.127. The third kappa shape index (κ3) is 45.5. The molecule has 0 fully saturated rings. The van der Waals surface area contributed by atoms with Crippen molar-refractivity contribution in [3.8, 4) is 0 Å². The lowest BCUT2D eigenvalue weighted by Crippen LogP contribution is -2.45. The van der Waals surface area contributed by atoms with Gasteiger partial charge in [-0.3, -0.25) is 4.79 Å². The van der Waals surface area contributed by atoms with E-state index < -0.39 is 12.1 Å². The molecule has 0 aromatic rings. The summed E-state index contributed by atoms with van der Waals surface area (Å²) in [4.78, 5) is 12.4. The number of aliphatic hydroxyl groups is 2. The van der Waals surface area contributed by atoms with Crippen molar-refractivity contribution < 1.29 is 15.0 Å². The minimum absolute atomic E-state index is 0.127. The van der Waals surface area contributed by atoms with Gasteiger partial charge < -0.3 is 15.5 Å². The highest BCUT2D eigenvalue weighted by Gasteiger charge is 2.17. The van der Waals surface area contributed by atoms with Gasteiger partial charge in [-0.2, -0.15) is 0 Å². The number of aliphatic hydroxyl groups excluding tert-OH is 2. The van der Waals surface area contributed by atoms with Gasteiger partial charge in [0.25, 0.3) is 0 Å². The van der Waals surface area contributed by atoms with Gasteiger partial charge in [-0.15, -0.1) is 0 Å². The third-order valence-corrected chi connectivity index (χ3v) is 9.85. The molecule has 59 heavy (non-hydrogen) atoms. The number of hydrogen-bond donors (Lipinski definition) is 3. The molecule has 0 spiro atoms. The Morgan fingerprint density at radius 2 is 0.763 bits per heavy atom.